The summed E-state index contributed by atoms with van der Waals surface area (Å²) in [5.41, 5.74) is 0. The number of hydrogen-bond acceptors (Lipinski definition) is 3. The summed E-state index contributed by atoms with van der Waals surface area (Å²) in [7, 11) is 3.45. The predicted octanol–water partition coefficient (Wildman–Crippen LogP) is -0.202. The Labute approximate surface area is 64.6 Å². The van der Waals surface area contributed by atoms with E-state index in [4.69, 9.17) is 0 Å². The van der Waals surface area contributed by atoms with Crippen LogP contribution in [-0.2, 0) is 11.8 Å². The summed E-state index contributed by atoms with van der Waals surface area (Å²) < 4.78 is 1.68. The van der Waals surface area contributed by atoms with Gasteiger partial charge in [0.25, 0.3) is 0 Å². The van der Waals surface area contributed by atoms with Gasteiger partial charge in [-0.05, 0) is 0 Å². The molecule has 0 radical (unpaired) electrons. The summed E-state index contributed by atoms with van der Waals surface area (Å²) >= 11 is 0. The van der Waals surface area contributed by atoms with E-state index >= 15 is 0 Å². The molecule has 1 aromatic heterocycles. The zero-order valence-electron chi connectivity index (χ0n) is 6.77. The molecule has 5 nitrogen and oxygen atoms in total. The molecular formula is C6H10N4O. The van der Waals surface area contributed by atoms with Gasteiger partial charge in [-0.3, -0.25) is 9.69 Å². The number of rotatable bonds is 1. The maximum Gasteiger partial charge on any atom is 0.233 e. The molecule has 1 rings (SSSR count). The smallest absolute Gasteiger partial charge is 0.233 e. The molecular weight excluding hydrogens is 144 g/mol. The van der Waals surface area contributed by atoms with Crippen LogP contribution >= 0.6 is 0 Å². The molecule has 0 aliphatic carbocycles. The molecule has 0 atom stereocenters. The summed E-state index contributed by atoms with van der Waals surface area (Å²) in [6.07, 6.45) is 1.55. The van der Waals surface area contributed by atoms with Crippen molar-refractivity contribution in [1.82, 2.24) is 14.8 Å². The first kappa shape index (κ1) is 7.71. The average molecular weight is 154 g/mol. The molecule has 5 heteroatoms. The van der Waals surface area contributed by atoms with Crippen LogP contribution in [0.25, 0.3) is 0 Å². The summed E-state index contributed by atoms with van der Waals surface area (Å²) in [5.74, 6) is 0.499. The molecule has 1 amide bonds. The number of nitrogens with zero attached hydrogens (tertiary/aromatic N) is 4. The van der Waals surface area contributed by atoms with E-state index in [1.807, 2.05) is 0 Å². The Bertz CT molecular complexity index is 267. The minimum Gasteiger partial charge on any atom is -0.303 e. The molecule has 11 heavy (non-hydrogen) atoms. The third-order valence-electron chi connectivity index (χ3n) is 1.46. The highest BCUT2D eigenvalue weighted by atomic mass is 16.2. The van der Waals surface area contributed by atoms with Crippen molar-refractivity contribution in [1.29, 1.82) is 0 Å². The lowest BCUT2D eigenvalue weighted by Gasteiger charge is -2.11. The van der Waals surface area contributed by atoms with Gasteiger partial charge in [0.05, 0.1) is 0 Å². The Morgan fingerprint density at radius 2 is 2.36 bits per heavy atom. The summed E-state index contributed by atoms with van der Waals surface area (Å²) in [4.78, 5) is 12.3. The Morgan fingerprint density at radius 1 is 1.73 bits per heavy atom. The Kier molecular flexibility index (Phi) is 1.89. The van der Waals surface area contributed by atoms with Crippen molar-refractivity contribution in [3.05, 3.63) is 6.33 Å². The monoisotopic (exact) mass is 154 g/mol. The molecule has 1 heterocycles. The van der Waals surface area contributed by atoms with Crippen molar-refractivity contribution >= 4 is 11.9 Å². The molecule has 0 aliphatic heterocycles. The second-order valence-electron chi connectivity index (χ2n) is 2.32. The fourth-order valence-corrected chi connectivity index (χ4v) is 0.722. The molecule has 60 valence electrons. The van der Waals surface area contributed by atoms with E-state index in [2.05, 4.69) is 10.2 Å². The van der Waals surface area contributed by atoms with E-state index in [1.165, 1.54) is 11.8 Å². The second kappa shape index (κ2) is 2.69. The highest BCUT2D eigenvalue weighted by Gasteiger charge is 2.09. The minimum absolute atomic E-state index is 0.0545. The van der Waals surface area contributed by atoms with Gasteiger partial charge in [0.1, 0.15) is 6.33 Å². The largest absolute Gasteiger partial charge is 0.303 e. The lowest BCUT2D eigenvalue weighted by atomic mass is 10.6. The molecule has 1 aromatic rings. The summed E-state index contributed by atoms with van der Waals surface area (Å²) in [5, 5.41) is 7.40. The van der Waals surface area contributed by atoms with Crippen LogP contribution in [0.3, 0.4) is 0 Å². The number of carbonyl (C=O) groups is 1. The summed E-state index contributed by atoms with van der Waals surface area (Å²) in [6.45, 7) is 1.48. The lowest BCUT2D eigenvalue weighted by molar-refractivity contribution is -0.116. The van der Waals surface area contributed by atoms with E-state index in [0.29, 0.717) is 5.95 Å². The average Bonchev–Trinajstić information content (AvgIpc) is 2.33. The zero-order valence-corrected chi connectivity index (χ0v) is 6.77. The fourth-order valence-electron chi connectivity index (χ4n) is 0.722. The number of aromatic nitrogens is 3. The summed E-state index contributed by atoms with van der Waals surface area (Å²) in [6, 6.07) is 0. The molecule has 0 saturated heterocycles. The first-order valence-electron chi connectivity index (χ1n) is 3.21. The maximum absolute atomic E-state index is 10.8. The molecule has 0 fully saturated rings. The number of anilines is 1. The van der Waals surface area contributed by atoms with Crippen LogP contribution in [-0.4, -0.2) is 27.7 Å². The third-order valence-corrected chi connectivity index (χ3v) is 1.46. The van der Waals surface area contributed by atoms with Gasteiger partial charge in [-0.1, -0.05) is 0 Å². The lowest BCUT2D eigenvalue weighted by Crippen LogP contribution is -2.25. The van der Waals surface area contributed by atoms with Gasteiger partial charge in [-0.2, -0.15) is 0 Å². The van der Waals surface area contributed by atoms with Crippen LogP contribution in [0.5, 0.6) is 0 Å². The van der Waals surface area contributed by atoms with Gasteiger partial charge in [-0.15, -0.1) is 10.2 Å². The predicted molar refractivity (Wildman–Crippen MR) is 40.1 cm³/mol. The fraction of sp³-hybridized carbons (Fsp3) is 0.500. The highest BCUT2D eigenvalue weighted by molar-refractivity contribution is 5.88. The number of amides is 1. The standard InChI is InChI=1S/C6H10N4O/c1-5(11)10(3)6-8-7-4-9(6)2/h4H,1-3H3. The Morgan fingerprint density at radius 3 is 2.73 bits per heavy atom. The van der Waals surface area contributed by atoms with Gasteiger partial charge in [0.15, 0.2) is 0 Å². The SMILES string of the molecule is CC(=O)N(C)c1nncn1C. The first-order valence-corrected chi connectivity index (χ1v) is 3.21. The van der Waals surface area contributed by atoms with Crippen LogP contribution in [0.4, 0.5) is 5.95 Å². The maximum atomic E-state index is 10.8. The van der Waals surface area contributed by atoms with Crippen molar-refractivity contribution in [3.63, 3.8) is 0 Å². The molecule has 0 aromatic carbocycles. The number of carbonyl (C=O) groups excluding carboxylic acids is 1. The minimum atomic E-state index is -0.0545. The van der Waals surface area contributed by atoms with Gasteiger partial charge in [0, 0.05) is 21.0 Å². The Balaban J connectivity index is 2.92. The van der Waals surface area contributed by atoms with E-state index in [-0.39, 0.29) is 5.91 Å². The van der Waals surface area contributed by atoms with Crippen molar-refractivity contribution in [2.24, 2.45) is 7.05 Å². The van der Waals surface area contributed by atoms with Crippen molar-refractivity contribution < 1.29 is 4.79 Å². The van der Waals surface area contributed by atoms with Gasteiger partial charge < -0.3 is 4.57 Å². The molecule has 0 saturated carbocycles. The van der Waals surface area contributed by atoms with E-state index in [1.54, 1.807) is 25.0 Å². The quantitative estimate of drug-likeness (QED) is 0.562. The van der Waals surface area contributed by atoms with Crippen molar-refractivity contribution in [2.75, 3.05) is 11.9 Å². The number of hydrogen-bond donors (Lipinski definition) is 0. The first-order chi connectivity index (χ1) is 5.13. The van der Waals surface area contributed by atoms with Crippen LogP contribution in [0, 0.1) is 0 Å². The van der Waals surface area contributed by atoms with Gasteiger partial charge in [-0.25, -0.2) is 0 Å². The van der Waals surface area contributed by atoms with E-state index in [9.17, 15) is 4.79 Å². The molecule has 0 unspecified atom stereocenters. The molecule has 0 bridgehead atoms. The highest BCUT2D eigenvalue weighted by Crippen LogP contribution is 2.04. The third kappa shape index (κ3) is 1.36. The van der Waals surface area contributed by atoms with Crippen LogP contribution < -0.4 is 4.90 Å². The number of aryl methyl sites for hydroxylation is 1. The molecule has 0 spiro atoms. The zero-order chi connectivity index (χ0) is 8.43. The topological polar surface area (TPSA) is 51.0 Å². The van der Waals surface area contributed by atoms with Gasteiger partial charge >= 0.3 is 0 Å². The normalized spacial score (nSPS) is 9.73. The van der Waals surface area contributed by atoms with Crippen molar-refractivity contribution in [3.8, 4) is 0 Å². The second-order valence-corrected chi connectivity index (χ2v) is 2.32. The molecule has 0 aliphatic rings. The molecule has 0 N–H and O–H groups in total. The van der Waals surface area contributed by atoms with E-state index < -0.39 is 0 Å². The van der Waals surface area contributed by atoms with Crippen LogP contribution in [0.15, 0.2) is 6.33 Å². The van der Waals surface area contributed by atoms with E-state index in [0.717, 1.165) is 0 Å². The Hall–Kier alpha value is -1.39. The van der Waals surface area contributed by atoms with Crippen LogP contribution in [0.1, 0.15) is 6.92 Å². The van der Waals surface area contributed by atoms with Gasteiger partial charge in [0.2, 0.25) is 11.9 Å². The van der Waals surface area contributed by atoms with Crippen LogP contribution in [0.2, 0.25) is 0 Å². The van der Waals surface area contributed by atoms with Crippen molar-refractivity contribution in [2.45, 2.75) is 6.92 Å².